The molecule has 3 N–H and O–H groups in total. The topological polar surface area (TPSA) is 126 Å². The van der Waals surface area contributed by atoms with Gasteiger partial charge in [-0.15, -0.1) is 11.3 Å². The van der Waals surface area contributed by atoms with Crippen LogP contribution in [-0.4, -0.2) is 64.9 Å². The van der Waals surface area contributed by atoms with Gasteiger partial charge in [0.25, 0.3) is 5.91 Å². The number of rotatable bonds is 6. The third kappa shape index (κ3) is 6.37. The molecule has 2 aromatic carbocycles. The standard InChI is InChI=1S/C26H32N4O6S2/c1-26(2,3)17-14-19(22(35-4)20(15-17)29-38(5,33)34)27-24(31)21-13-16-7-6-8-18(23(16)37-21)28-25(32)30-9-11-36-12-10-30/h6-8,13-15,29H,9-12H2,1-5H3,(H,27,31)(H,28,32). The Morgan fingerprint density at radius 1 is 1.03 bits per heavy atom. The summed E-state index contributed by atoms with van der Waals surface area (Å²) in [6.07, 6.45) is 1.06. The Labute approximate surface area is 226 Å². The minimum Gasteiger partial charge on any atom is -0.492 e. The van der Waals surface area contributed by atoms with Crippen molar-refractivity contribution in [3.05, 3.63) is 46.8 Å². The summed E-state index contributed by atoms with van der Waals surface area (Å²) in [5, 5.41) is 6.66. The van der Waals surface area contributed by atoms with Gasteiger partial charge in [-0.05, 0) is 40.6 Å². The molecule has 12 heteroatoms. The lowest BCUT2D eigenvalue weighted by Crippen LogP contribution is -2.43. The highest BCUT2D eigenvalue weighted by atomic mass is 32.2. The van der Waals surface area contributed by atoms with Crippen molar-refractivity contribution in [2.45, 2.75) is 26.2 Å². The molecule has 3 amide bonds. The molecule has 0 bridgehead atoms. The number of carbonyl (C=O) groups excluding carboxylic acids is 2. The van der Waals surface area contributed by atoms with Crippen molar-refractivity contribution in [1.82, 2.24) is 4.90 Å². The summed E-state index contributed by atoms with van der Waals surface area (Å²) in [5.41, 5.74) is 1.68. The molecule has 0 spiro atoms. The van der Waals surface area contributed by atoms with Gasteiger partial charge >= 0.3 is 6.03 Å². The monoisotopic (exact) mass is 560 g/mol. The molecule has 1 fully saturated rings. The van der Waals surface area contributed by atoms with E-state index < -0.39 is 10.0 Å². The minimum absolute atomic E-state index is 0.205. The van der Waals surface area contributed by atoms with Crippen LogP contribution in [0.25, 0.3) is 10.1 Å². The van der Waals surface area contributed by atoms with E-state index in [4.69, 9.17) is 9.47 Å². The first-order chi connectivity index (χ1) is 17.9. The third-order valence-electron chi connectivity index (χ3n) is 6.01. The summed E-state index contributed by atoms with van der Waals surface area (Å²) in [6.45, 7) is 8.01. The lowest BCUT2D eigenvalue weighted by Gasteiger charge is -2.27. The largest absolute Gasteiger partial charge is 0.492 e. The number of amides is 3. The van der Waals surface area contributed by atoms with Gasteiger partial charge in [-0.1, -0.05) is 32.9 Å². The van der Waals surface area contributed by atoms with E-state index in [0.29, 0.717) is 42.6 Å². The molecule has 0 atom stereocenters. The lowest BCUT2D eigenvalue weighted by molar-refractivity contribution is 0.0565. The average molecular weight is 561 g/mol. The van der Waals surface area contributed by atoms with E-state index in [9.17, 15) is 18.0 Å². The summed E-state index contributed by atoms with van der Waals surface area (Å²) in [6, 6.07) is 10.5. The summed E-state index contributed by atoms with van der Waals surface area (Å²) >= 11 is 1.26. The number of sulfonamides is 1. The van der Waals surface area contributed by atoms with E-state index >= 15 is 0 Å². The normalized spacial score (nSPS) is 14.3. The van der Waals surface area contributed by atoms with Crippen molar-refractivity contribution in [2.75, 3.05) is 55.0 Å². The smallest absolute Gasteiger partial charge is 0.322 e. The fourth-order valence-corrected chi connectivity index (χ4v) is 5.64. The Morgan fingerprint density at radius 3 is 2.34 bits per heavy atom. The van der Waals surface area contributed by atoms with Crippen LogP contribution in [0.5, 0.6) is 5.75 Å². The first-order valence-corrected chi connectivity index (χ1v) is 14.7. The molecule has 3 aromatic rings. The SMILES string of the molecule is COc1c(NC(=O)c2cc3cccc(NC(=O)N4CCOCC4)c3s2)cc(C(C)(C)C)cc1NS(C)(=O)=O. The highest BCUT2D eigenvalue weighted by Gasteiger charge is 2.24. The van der Waals surface area contributed by atoms with Gasteiger partial charge in [-0.25, -0.2) is 13.2 Å². The van der Waals surface area contributed by atoms with Crippen LogP contribution in [0, 0.1) is 0 Å². The van der Waals surface area contributed by atoms with Gasteiger partial charge in [-0.2, -0.15) is 0 Å². The Hall–Kier alpha value is -3.35. The summed E-state index contributed by atoms with van der Waals surface area (Å²) in [7, 11) is -2.18. The average Bonchev–Trinajstić information content (AvgIpc) is 3.28. The highest BCUT2D eigenvalue weighted by Crippen LogP contribution is 2.40. The molecule has 0 unspecified atom stereocenters. The number of hydrogen-bond acceptors (Lipinski definition) is 7. The molecule has 4 rings (SSSR count). The maximum absolute atomic E-state index is 13.4. The van der Waals surface area contributed by atoms with Gasteiger partial charge in [0.2, 0.25) is 10.0 Å². The van der Waals surface area contributed by atoms with Gasteiger partial charge < -0.3 is 25.0 Å². The van der Waals surface area contributed by atoms with Crippen LogP contribution in [0.4, 0.5) is 21.9 Å². The van der Waals surface area contributed by atoms with Crippen LogP contribution in [0.15, 0.2) is 36.4 Å². The summed E-state index contributed by atoms with van der Waals surface area (Å²) in [5.74, 6) is -0.178. The number of carbonyl (C=O) groups is 2. The van der Waals surface area contributed by atoms with Crippen molar-refractivity contribution in [1.29, 1.82) is 0 Å². The predicted octanol–water partition coefficient (Wildman–Crippen LogP) is 4.70. The Bertz CT molecular complexity index is 1470. The number of nitrogens with one attached hydrogen (secondary N) is 3. The van der Waals surface area contributed by atoms with Crippen LogP contribution in [-0.2, 0) is 20.2 Å². The van der Waals surface area contributed by atoms with Crippen LogP contribution in [0.1, 0.15) is 36.0 Å². The number of benzene rings is 2. The predicted molar refractivity (Wildman–Crippen MR) is 151 cm³/mol. The molecule has 1 aliphatic heterocycles. The maximum atomic E-state index is 13.4. The molecule has 204 valence electrons. The molecule has 38 heavy (non-hydrogen) atoms. The van der Waals surface area contributed by atoms with Gasteiger partial charge in [0, 0.05) is 13.1 Å². The second-order valence-electron chi connectivity index (χ2n) is 10.0. The minimum atomic E-state index is -3.60. The number of urea groups is 1. The molecule has 0 saturated carbocycles. The molecule has 1 saturated heterocycles. The van der Waals surface area contributed by atoms with Gasteiger partial charge in [-0.3, -0.25) is 9.52 Å². The molecular formula is C26H32N4O6S2. The van der Waals surface area contributed by atoms with Crippen molar-refractivity contribution in [2.24, 2.45) is 0 Å². The van der Waals surface area contributed by atoms with E-state index in [1.807, 2.05) is 32.9 Å². The second-order valence-corrected chi connectivity index (χ2v) is 12.8. The number of methoxy groups -OCH3 is 1. The number of fused-ring (bicyclic) bond motifs is 1. The Morgan fingerprint density at radius 2 is 1.71 bits per heavy atom. The van der Waals surface area contributed by atoms with E-state index in [1.54, 1.807) is 29.2 Å². The quantitative estimate of drug-likeness (QED) is 0.401. The molecule has 2 heterocycles. The van der Waals surface area contributed by atoms with Crippen molar-refractivity contribution in [3.63, 3.8) is 0 Å². The molecule has 1 aliphatic rings. The maximum Gasteiger partial charge on any atom is 0.322 e. The molecule has 1 aromatic heterocycles. The second kappa shape index (κ2) is 10.8. The fourth-order valence-electron chi connectivity index (χ4n) is 4.07. The molecule has 0 aliphatic carbocycles. The number of hydrogen-bond donors (Lipinski definition) is 3. The lowest BCUT2D eigenvalue weighted by atomic mass is 9.86. The van der Waals surface area contributed by atoms with Crippen LogP contribution in [0.2, 0.25) is 0 Å². The van der Waals surface area contributed by atoms with Gasteiger partial charge in [0.1, 0.15) is 0 Å². The summed E-state index contributed by atoms with van der Waals surface area (Å²) in [4.78, 5) is 28.2. The molecule has 10 nitrogen and oxygen atoms in total. The fraction of sp³-hybridized carbons (Fsp3) is 0.385. The summed E-state index contributed by atoms with van der Waals surface area (Å²) < 4.78 is 38.1. The molecule has 0 radical (unpaired) electrons. The molecular weight excluding hydrogens is 528 g/mol. The van der Waals surface area contributed by atoms with Crippen molar-refractivity contribution in [3.8, 4) is 5.75 Å². The van der Waals surface area contributed by atoms with Crippen molar-refractivity contribution >= 4 is 60.4 Å². The van der Waals surface area contributed by atoms with E-state index in [1.165, 1.54) is 18.4 Å². The number of nitrogens with zero attached hydrogens (tertiary/aromatic N) is 1. The van der Waals surface area contributed by atoms with Gasteiger partial charge in [0.15, 0.2) is 5.75 Å². The van der Waals surface area contributed by atoms with Crippen LogP contribution in [0.3, 0.4) is 0 Å². The van der Waals surface area contributed by atoms with Crippen LogP contribution >= 0.6 is 11.3 Å². The first-order valence-electron chi connectivity index (χ1n) is 12.0. The van der Waals surface area contributed by atoms with E-state index in [-0.39, 0.29) is 28.8 Å². The number of morpholine rings is 1. The van der Waals surface area contributed by atoms with Gasteiger partial charge in [0.05, 0.1) is 53.2 Å². The Kier molecular flexibility index (Phi) is 7.86. The van der Waals surface area contributed by atoms with Crippen LogP contribution < -0.4 is 20.1 Å². The zero-order valence-electron chi connectivity index (χ0n) is 22.0. The first kappa shape index (κ1) is 27.7. The highest BCUT2D eigenvalue weighted by molar-refractivity contribution is 7.92. The Balaban J connectivity index is 1.65. The zero-order chi connectivity index (χ0) is 27.7. The third-order valence-corrected chi connectivity index (χ3v) is 7.78. The van der Waals surface area contributed by atoms with E-state index in [2.05, 4.69) is 15.4 Å². The number of ether oxygens (including phenoxy) is 2. The number of anilines is 3. The number of thiophene rings is 1. The van der Waals surface area contributed by atoms with Crippen molar-refractivity contribution < 1.29 is 27.5 Å². The van der Waals surface area contributed by atoms with E-state index in [0.717, 1.165) is 21.9 Å². The zero-order valence-corrected chi connectivity index (χ0v) is 23.6.